The molecule has 0 aliphatic heterocycles. The van der Waals surface area contributed by atoms with E-state index in [1.165, 1.54) is 24.1 Å². The van der Waals surface area contributed by atoms with E-state index in [1.807, 2.05) is 0 Å². The van der Waals surface area contributed by atoms with Gasteiger partial charge >= 0.3 is 6.18 Å². The molecule has 6 heteroatoms. The molecule has 1 fully saturated rings. The van der Waals surface area contributed by atoms with Crippen molar-refractivity contribution in [2.24, 2.45) is 11.8 Å². The van der Waals surface area contributed by atoms with Crippen molar-refractivity contribution >= 4 is 5.91 Å². The average Bonchev–Trinajstić information content (AvgIpc) is 2.45. The van der Waals surface area contributed by atoms with Crippen molar-refractivity contribution < 1.29 is 23.1 Å². The van der Waals surface area contributed by atoms with E-state index in [4.69, 9.17) is 0 Å². The first-order chi connectivity index (χ1) is 10.3. The summed E-state index contributed by atoms with van der Waals surface area (Å²) in [4.78, 5) is 13.7. The Morgan fingerprint density at radius 3 is 2.64 bits per heavy atom. The molecule has 1 aliphatic rings. The fourth-order valence-electron chi connectivity index (χ4n) is 3.11. The summed E-state index contributed by atoms with van der Waals surface area (Å²) in [5.41, 5.74) is 0.690. The van der Waals surface area contributed by atoms with Crippen molar-refractivity contribution in [2.45, 2.75) is 38.4 Å². The van der Waals surface area contributed by atoms with Crippen molar-refractivity contribution in [1.29, 1.82) is 0 Å². The van der Waals surface area contributed by atoms with Gasteiger partial charge in [-0.25, -0.2) is 0 Å². The Morgan fingerprint density at radius 1 is 1.32 bits per heavy atom. The lowest BCUT2D eigenvalue weighted by Gasteiger charge is -2.34. The van der Waals surface area contributed by atoms with Gasteiger partial charge in [-0.2, -0.15) is 13.2 Å². The van der Waals surface area contributed by atoms with E-state index in [9.17, 15) is 23.1 Å². The van der Waals surface area contributed by atoms with E-state index in [2.05, 4.69) is 0 Å². The molecule has 0 bridgehead atoms. The molecule has 1 aliphatic carbocycles. The molecule has 22 heavy (non-hydrogen) atoms. The second-order valence-corrected chi connectivity index (χ2v) is 5.90. The van der Waals surface area contributed by atoms with Crippen LogP contribution >= 0.6 is 0 Å². The number of amides is 1. The molecule has 0 radical (unpaired) electrons. The number of alkyl halides is 3. The monoisotopic (exact) mass is 315 g/mol. The minimum absolute atomic E-state index is 0.0277. The minimum atomic E-state index is -4.33. The predicted octanol–water partition coefficient (Wildman–Crippen LogP) is 3.72. The highest BCUT2D eigenvalue weighted by Gasteiger charge is 2.48. The zero-order chi connectivity index (χ0) is 16.3. The summed E-state index contributed by atoms with van der Waals surface area (Å²) in [5, 5.41) is 9.41. The van der Waals surface area contributed by atoms with Gasteiger partial charge in [0.1, 0.15) is 5.75 Å². The largest absolute Gasteiger partial charge is 0.508 e. The van der Waals surface area contributed by atoms with Gasteiger partial charge in [0.15, 0.2) is 0 Å². The molecule has 2 unspecified atom stereocenters. The van der Waals surface area contributed by atoms with Gasteiger partial charge in [-0.1, -0.05) is 25.0 Å². The number of hydrogen-bond acceptors (Lipinski definition) is 2. The van der Waals surface area contributed by atoms with Gasteiger partial charge in [-0.3, -0.25) is 4.79 Å². The highest BCUT2D eigenvalue weighted by atomic mass is 19.4. The Kier molecular flexibility index (Phi) is 4.98. The zero-order valence-corrected chi connectivity index (χ0v) is 12.4. The summed E-state index contributed by atoms with van der Waals surface area (Å²) >= 11 is 0. The van der Waals surface area contributed by atoms with Crippen LogP contribution in [0.25, 0.3) is 0 Å². The van der Waals surface area contributed by atoms with Crippen LogP contribution < -0.4 is 0 Å². The molecule has 1 amide bonds. The summed E-state index contributed by atoms with van der Waals surface area (Å²) in [5.74, 6) is -2.93. The van der Waals surface area contributed by atoms with Crippen molar-refractivity contribution in [3.63, 3.8) is 0 Å². The van der Waals surface area contributed by atoms with Crippen molar-refractivity contribution in [1.82, 2.24) is 4.90 Å². The maximum Gasteiger partial charge on any atom is 0.392 e. The molecule has 0 spiro atoms. The third-order valence-corrected chi connectivity index (χ3v) is 4.21. The molecule has 1 aromatic rings. The van der Waals surface area contributed by atoms with Crippen molar-refractivity contribution in [2.75, 3.05) is 7.05 Å². The van der Waals surface area contributed by atoms with Crippen LogP contribution in [0.3, 0.4) is 0 Å². The Bertz CT molecular complexity index is 530. The van der Waals surface area contributed by atoms with Crippen LogP contribution in [0.4, 0.5) is 13.2 Å². The highest BCUT2D eigenvalue weighted by molar-refractivity contribution is 5.79. The standard InChI is InChI=1S/C16H20F3NO2/c1-20(10-11-5-4-6-12(21)9-11)15(22)13-7-2-3-8-14(13)16(17,18)19/h4-6,9,13-14,21H,2-3,7-8,10H2,1H3. The lowest BCUT2D eigenvalue weighted by molar-refractivity contribution is -0.200. The molecule has 0 saturated heterocycles. The average molecular weight is 315 g/mol. The number of phenolic OH excluding ortho intramolecular Hbond substituents is 1. The summed E-state index contributed by atoms with van der Waals surface area (Å²) in [6.45, 7) is 0.189. The van der Waals surface area contributed by atoms with Crippen LogP contribution in [-0.2, 0) is 11.3 Å². The maximum atomic E-state index is 13.1. The number of aromatic hydroxyl groups is 1. The second-order valence-electron chi connectivity index (χ2n) is 5.90. The smallest absolute Gasteiger partial charge is 0.392 e. The Labute approximate surface area is 127 Å². The Morgan fingerprint density at radius 2 is 2.00 bits per heavy atom. The lowest BCUT2D eigenvalue weighted by Crippen LogP contribution is -2.43. The molecule has 1 N–H and O–H groups in total. The third kappa shape index (κ3) is 3.93. The second kappa shape index (κ2) is 6.58. The van der Waals surface area contributed by atoms with E-state index in [0.29, 0.717) is 18.4 Å². The number of rotatable bonds is 3. The van der Waals surface area contributed by atoms with E-state index < -0.39 is 23.9 Å². The quantitative estimate of drug-likeness (QED) is 0.923. The highest BCUT2D eigenvalue weighted by Crippen LogP contribution is 2.42. The minimum Gasteiger partial charge on any atom is -0.508 e. The van der Waals surface area contributed by atoms with Gasteiger partial charge in [-0.05, 0) is 30.5 Å². The van der Waals surface area contributed by atoms with Gasteiger partial charge in [-0.15, -0.1) is 0 Å². The van der Waals surface area contributed by atoms with Gasteiger partial charge in [0.25, 0.3) is 0 Å². The number of phenols is 1. The molecular formula is C16H20F3NO2. The summed E-state index contributed by atoms with van der Waals surface area (Å²) in [6, 6.07) is 6.38. The summed E-state index contributed by atoms with van der Waals surface area (Å²) in [7, 11) is 1.51. The molecule has 2 rings (SSSR count). The van der Waals surface area contributed by atoms with Gasteiger partial charge in [0, 0.05) is 19.5 Å². The number of halogens is 3. The molecule has 3 nitrogen and oxygen atoms in total. The molecule has 0 heterocycles. The van der Waals surface area contributed by atoms with Crippen LogP contribution in [0.15, 0.2) is 24.3 Å². The topological polar surface area (TPSA) is 40.5 Å². The van der Waals surface area contributed by atoms with Crippen molar-refractivity contribution in [3.05, 3.63) is 29.8 Å². The first-order valence-electron chi connectivity index (χ1n) is 7.38. The molecule has 1 saturated carbocycles. The molecule has 0 aromatic heterocycles. The first-order valence-corrected chi connectivity index (χ1v) is 7.38. The van der Waals surface area contributed by atoms with Crippen LogP contribution in [0.5, 0.6) is 5.75 Å². The van der Waals surface area contributed by atoms with E-state index in [0.717, 1.165) is 0 Å². The zero-order valence-electron chi connectivity index (χ0n) is 12.4. The fraction of sp³-hybridized carbons (Fsp3) is 0.562. The van der Waals surface area contributed by atoms with Crippen LogP contribution in [0.2, 0.25) is 0 Å². The van der Waals surface area contributed by atoms with Crippen molar-refractivity contribution in [3.8, 4) is 5.75 Å². The van der Waals surface area contributed by atoms with Crippen LogP contribution in [-0.4, -0.2) is 29.1 Å². The molecule has 2 atom stereocenters. The predicted molar refractivity (Wildman–Crippen MR) is 76.1 cm³/mol. The third-order valence-electron chi connectivity index (χ3n) is 4.21. The SMILES string of the molecule is CN(Cc1cccc(O)c1)C(=O)C1CCCCC1C(F)(F)F. The fourth-order valence-corrected chi connectivity index (χ4v) is 3.11. The number of benzene rings is 1. The van der Waals surface area contributed by atoms with Gasteiger partial charge in [0.2, 0.25) is 5.91 Å². The number of hydrogen-bond donors (Lipinski definition) is 1. The van der Waals surface area contributed by atoms with E-state index in [-0.39, 0.29) is 25.1 Å². The number of carbonyl (C=O) groups is 1. The van der Waals surface area contributed by atoms with E-state index >= 15 is 0 Å². The Balaban J connectivity index is 2.08. The maximum absolute atomic E-state index is 13.1. The normalized spacial score (nSPS) is 22.4. The number of nitrogens with zero attached hydrogens (tertiary/aromatic N) is 1. The Hall–Kier alpha value is -1.72. The van der Waals surface area contributed by atoms with Gasteiger partial charge in [0.05, 0.1) is 5.92 Å². The summed E-state index contributed by atoms with van der Waals surface area (Å²) < 4.78 is 39.3. The van der Waals surface area contributed by atoms with Crippen LogP contribution in [0, 0.1) is 11.8 Å². The summed E-state index contributed by atoms with van der Waals surface area (Å²) in [6.07, 6.45) is -2.84. The van der Waals surface area contributed by atoms with E-state index in [1.54, 1.807) is 12.1 Å². The molecular weight excluding hydrogens is 295 g/mol. The van der Waals surface area contributed by atoms with Gasteiger partial charge < -0.3 is 10.0 Å². The first kappa shape index (κ1) is 16.6. The molecule has 1 aromatic carbocycles. The van der Waals surface area contributed by atoms with Crippen LogP contribution in [0.1, 0.15) is 31.2 Å². The molecule has 122 valence electrons. The lowest BCUT2D eigenvalue weighted by atomic mass is 9.78. The number of carbonyl (C=O) groups excluding carboxylic acids is 1.